The summed E-state index contributed by atoms with van der Waals surface area (Å²) in [6.45, 7) is 5.22. The van der Waals surface area contributed by atoms with Crippen LogP contribution in [0.15, 0.2) is 0 Å². The largest absolute Gasteiger partial charge is 0.481 e. The van der Waals surface area contributed by atoms with E-state index in [0.29, 0.717) is 18.3 Å². The third kappa shape index (κ3) is 8.05. The molecule has 3 heteroatoms. The molecule has 0 amide bonds. The molecule has 3 nitrogen and oxygen atoms in total. The summed E-state index contributed by atoms with van der Waals surface area (Å²) in [5, 5.41) is 8.79. The lowest BCUT2D eigenvalue weighted by molar-refractivity contribution is -0.873. The van der Waals surface area contributed by atoms with Crippen molar-refractivity contribution in [2.45, 2.75) is 26.7 Å². The molecule has 0 heterocycles. The van der Waals surface area contributed by atoms with Crippen molar-refractivity contribution in [3.05, 3.63) is 0 Å². The minimum absolute atomic E-state index is 0.299. The molecule has 0 aliphatic rings. The molecule has 1 unspecified atom stereocenters. The van der Waals surface area contributed by atoms with Crippen LogP contribution in [0, 0.1) is 11.8 Å². The monoisotopic (exact) mass is 202 g/mol. The van der Waals surface area contributed by atoms with Gasteiger partial charge in [-0.15, -0.1) is 0 Å². The Morgan fingerprint density at radius 1 is 1.29 bits per heavy atom. The third-order valence-electron chi connectivity index (χ3n) is 2.07. The van der Waals surface area contributed by atoms with Crippen LogP contribution in [0.5, 0.6) is 0 Å². The van der Waals surface area contributed by atoms with Gasteiger partial charge in [0.25, 0.3) is 0 Å². The smallest absolute Gasteiger partial charge is 0.303 e. The highest BCUT2D eigenvalue weighted by molar-refractivity contribution is 5.67. The molecule has 0 bridgehead atoms. The van der Waals surface area contributed by atoms with Crippen LogP contribution in [0.2, 0.25) is 0 Å². The Morgan fingerprint density at radius 3 is 2.07 bits per heavy atom. The summed E-state index contributed by atoms with van der Waals surface area (Å²) in [6.07, 6.45) is 1.30. The van der Waals surface area contributed by atoms with Crippen molar-refractivity contribution < 1.29 is 14.4 Å². The van der Waals surface area contributed by atoms with Crippen LogP contribution < -0.4 is 0 Å². The van der Waals surface area contributed by atoms with Crippen molar-refractivity contribution in [1.82, 2.24) is 0 Å². The minimum atomic E-state index is -0.677. The summed E-state index contributed by atoms with van der Waals surface area (Å²) < 4.78 is 0.838. The second kappa shape index (κ2) is 5.35. The van der Waals surface area contributed by atoms with Crippen LogP contribution in [0.3, 0.4) is 0 Å². The number of carbonyl (C=O) groups is 1. The van der Waals surface area contributed by atoms with Gasteiger partial charge in [-0.05, 0) is 12.3 Å². The van der Waals surface area contributed by atoms with Gasteiger partial charge in [0, 0.05) is 5.92 Å². The average molecular weight is 202 g/mol. The van der Waals surface area contributed by atoms with Gasteiger partial charge in [0.1, 0.15) is 0 Å². The van der Waals surface area contributed by atoms with Gasteiger partial charge in [0.15, 0.2) is 0 Å². The highest BCUT2D eigenvalue weighted by Gasteiger charge is 2.21. The van der Waals surface area contributed by atoms with Crippen LogP contribution in [0.1, 0.15) is 26.7 Å². The molecule has 0 aliphatic heterocycles. The van der Waals surface area contributed by atoms with E-state index in [2.05, 4.69) is 35.0 Å². The van der Waals surface area contributed by atoms with Gasteiger partial charge in [-0.3, -0.25) is 4.79 Å². The Balaban J connectivity index is 4.17. The van der Waals surface area contributed by atoms with E-state index in [1.165, 1.54) is 0 Å². The van der Waals surface area contributed by atoms with E-state index in [9.17, 15) is 4.79 Å². The van der Waals surface area contributed by atoms with Gasteiger partial charge < -0.3 is 9.59 Å². The molecule has 0 fully saturated rings. The van der Waals surface area contributed by atoms with E-state index in [4.69, 9.17) is 5.11 Å². The van der Waals surface area contributed by atoms with E-state index >= 15 is 0 Å². The molecule has 1 N–H and O–H groups in total. The average Bonchev–Trinajstić information content (AvgIpc) is 1.77. The topological polar surface area (TPSA) is 37.3 Å². The van der Waals surface area contributed by atoms with Crippen LogP contribution in [-0.2, 0) is 4.79 Å². The number of nitrogens with zero attached hydrogens (tertiary/aromatic N) is 1. The second-order valence-electron chi connectivity index (χ2n) is 5.57. The fraction of sp³-hybridized carbons (Fsp3) is 0.909. The number of aliphatic carboxylic acids is 1. The quantitative estimate of drug-likeness (QED) is 0.667. The van der Waals surface area contributed by atoms with E-state index in [0.717, 1.165) is 17.4 Å². The molecule has 0 aromatic rings. The standard InChI is InChI=1S/C11H23NO2/c1-9(2)6-10(7-11(13)14)8-12(3,4)5/h9-10H,6-8H2,1-5H3/p+1. The molecule has 0 rings (SSSR count). The Bertz CT molecular complexity index is 182. The fourth-order valence-electron chi connectivity index (χ4n) is 1.91. The predicted octanol–water partition coefficient (Wildman–Crippen LogP) is 1.83. The number of hydrogen-bond acceptors (Lipinski definition) is 1. The molecule has 0 saturated carbocycles. The van der Waals surface area contributed by atoms with E-state index in [-0.39, 0.29) is 0 Å². The summed E-state index contributed by atoms with van der Waals surface area (Å²) >= 11 is 0. The van der Waals surface area contributed by atoms with Crippen molar-refractivity contribution >= 4 is 5.97 Å². The predicted molar refractivity (Wildman–Crippen MR) is 58.1 cm³/mol. The zero-order chi connectivity index (χ0) is 11.4. The van der Waals surface area contributed by atoms with Crippen LogP contribution >= 0.6 is 0 Å². The summed E-state index contributed by atoms with van der Waals surface area (Å²) in [5.41, 5.74) is 0. The van der Waals surface area contributed by atoms with Gasteiger partial charge >= 0.3 is 5.97 Å². The molecule has 0 aromatic heterocycles. The van der Waals surface area contributed by atoms with Crippen LogP contribution in [-0.4, -0.2) is 43.2 Å². The maximum absolute atomic E-state index is 10.7. The lowest BCUT2D eigenvalue weighted by atomic mass is 9.93. The van der Waals surface area contributed by atoms with Crippen LogP contribution in [0.4, 0.5) is 0 Å². The number of hydrogen-bond donors (Lipinski definition) is 1. The lowest BCUT2D eigenvalue weighted by Gasteiger charge is -2.29. The van der Waals surface area contributed by atoms with E-state index in [1.54, 1.807) is 0 Å². The Kier molecular flexibility index (Phi) is 5.13. The number of carboxylic acids is 1. The number of rotatable bonds is 6. The molecule has 0 aromatic carbocycles. The van der Waals surface area contributed by atoms with Gasteiger partial charge in [0.05, 0.1) is 34.1 Å². The highest BCUT2D eigenvalue weighted by Crippen LogP contribution is 2.17. The summed E-state index contributed by atoms with van der Waals surface area (Å²) in [6, 6.07) is 0. The van der Waals surface area contributed by atoms with Crippen molar-refractivity contribution in [2.24, 2.45) is 11.8 Å². The van der Waals surface area contributed by atoms with Crippen molar-refractivity contribution in [3.63, 3.8) is 0 Å². The molecule has 1 atom stereocenters. The Hall–Kier alpha value is -0.570. The summed E-state index contributed by atoms with van der Waals surface area (Å²) in [5.74, 6) is 0.197. The highest BCUT2D eigenvalue weighted by atomic mass is 16.4. The Labute approximate surface area is 87.3 Å². The first-order valence-corrected chi connectivity index (χ1v) is 5.23. The molecule has 0 radical (unpaired) electrons. The van der Waals surface area contributed by atoms with Crippen molar-refractivity contribution in [2.75, 3.05) is 27.7 Å². The van der Waals surface area contributed by atoms with Crippen LogP contribution in [0.25, 0.3) is 0 Å². The van der Waals surface area contributed by atoms with Gasteiger partial charge in [-0.25, -0.2) is 0 Å². The first-order valence-electron chi connectivity index (χ1n) is 5.23. The van der Waals surface area contributed by atoms with Gasteiger partial charge in [0.2, 0.25) is 0 Å². The van der Waals surface area contributed by atoms with Gasteiger partial charge in [-0.2, -0.15) is 0 Å². The maximum Gasteiger partial charge on any atom is 0.303 e. The first-order chi connectivity index (χ1) is 6.20. The summed E-state index contributed by atoms with van der Waals surface area (Å²) in [7, 11) is 6.32. The van der Waals surface area contributed by atoms with E-state index in [1.807, 2.05) is 0 Å². The lowest BCUT2D eigenvalue weighted by Crippen LogP contribution is -2.40. The Morgan fingerprint density at radius 2 is 1.79 bits per heavy atom. The summed E-state index contributed by atoms with van der Waals surface area (Å²) in [4.78, 5) is 10.7. The van der Waals surface area contributed by atoms with E-state index < -0.39 is 5.97 Å². The zero-order valence-electron chi connectivity index (χ0n) is 10.1. The number of quaternary nitrogens is 1. The third-order valence-corrected chi connectivity index (χ3v) is 2.07. The first kappa shape index (κ1) is 13.4. The molecular formula is C11H24NO2+. The molecule has 0 spiro atoms. The minimum Gasteiger partial charge on any atom is -0.481 e. The SMILES string of the molecule is CC(C)CC(CC(=O)O)C[N+](C)(C)C. The van der Waals surface area contributed by atoms with Gasteiger partial charge in [-0.1, -0.05) is 13.8 Å². The number of carboxylic acid groups (broad SMARTS) is 1. The molecule has 0 aliphatic carbocycles. The molecule has 14 heavy (non-hydrogen) atoms. The van der Waals surface area contributed by atoms with Crippen molar-refractivity contribution in [3.8, 4) is 0 Å². The molecule has 84 valence electrons. The zero-order valence-corrected chi connectivity index (χ0v) is 10.1. The molecular weight excluding hydrogens is 178 g/mol. The van der Waals surface area contributed by atoms with Crippen molar-refractivity contribution in [1.29, 1.82) is 0 Å². The fourth-order valence-corrected chi connectivity index (χ4v) is 1.91. The normalized spacial score (nSPS) is 14.4. The second-order valence-corrected chi connectivity index (χ2v) is 5.57. The molecule has 0 saturated heterocycles. The maximum atomic E-state index is 10.7.